The highest BCUT2D eigenvalue weighted by Gasteiger charge is 2.33. The zero-order chi connectivity index (χ0) is 15.3. The van der Waals surface area contributed by atoms with E-state index >= 15 is 0 Å². The van der Waals surface area contributed by atoms with Crippen LogP contribution >= 0.6 is 0 Å². The van der Waals surface area contributed by atoms with Crippen molar-refractivity contribution in [2.24, 2.45) is 0 Å². The number of rotatable bonds is 4. The average Bonchev–Trinajstić information content (AvgIpc) is 2.37. The summed E-state index contributed by atoms with van der Waals surface area (Å²) < 4.78 is 38.9. The van der Waals surface area contributed by atoms with E-state index in [1.807, 2.05) is 26.0 Å². The standard InChI is InChI=1S/C17H19F3/c1-5-14(12(2)3)11-10-13(4)15-8-6-7-9-16(15)17(18,19)20/h5-11,13H,2H2,1,3-4H3/b11-10-,14-5-. The summed E-state index contributed by atoms with van der Waals surface area (Å²) in [5.41, 5.74) is 1.53. The number of hydrogen-bond acceptors (Lipinski definition) is 0. The van der Waals surface area contributed by atoms with Crippen LogP contribution in [0, 0.1) is 0 Å². The summed E-state index contributed by atoms with van der Waals surface area (Å²) in [4.78, 5) is 0. The maximum absolute atomic E-state index is 13.0. The third-order valence-electron chi connectivity index (χ3n) is 3.13. The van der Waals surface area contributed by atoms with Gasteiger partial charge in [0, 0.05) is 0 Å². The van der Waals surface area contributed by atoms with Crippen molar-refractivity contribution in [3.05, 3.63) is 71.3 Å². The first kappa shape index (κ1) is 16.3. The van der Waals surface area contributed by atoms with Crippen molar-refractivity contribution in [1.82, 2.24) is 0 Å². The topological polar surface area (TPSA) is 0 Å². The lowest BCUT2D eigenvalue weighted by molar-refractivity contribution is -0.138. The van der Waals surface area contributed by atoms with E-state index in [0.717, 1.165) is 17.2 Å². The van der Waals surface area contributed by atoms with Crippen molar-refractivity contribution in [1.29, 1.82) is 0 Å². The zero-order valence-electron chi connectivity index (χ0n) is 12.0. The van der Waals surface area contributed by atoms with E-state index in [2.05, 4.69) is 6.58 Å². The Labute approximate surface area is 118 Å². The second-order valence-electron chi connectivity index (χ2n) is 4.76. The minimum Gasteiger partial charge on any atom is -0.166 e. The van der Waals surface area contributed by atoms with Gasteiger partial charge in [-0.2, -0.15) is 13.2 Å². The molecule has 0 heterocycles. The summed E-state index contributed by atoms with van der Waals surface area (Å²) in [6, 6.07) is 5.68. The van der Waals surface area contributed by atoms with Gasteiger partial charge in [0.2, 0.25) is 0 Å². The first-order valence-corrected chi connectivity index (χ1v) is 6.44. The number of hydrogen-bond donors (Lipinski definition) is 0. The second-order valence-corrected chi connectivity index (χ2v) is 4.76. The predicted octanol–water partition coefficient (Wildman–Crippen LogP) is 5.89. The maximum atomic E-state index is 13.0. The van der Waals surface area contributed by atoms with Crippen molar-refractivity contribution in [3.63, 3.8) is 0 Å². The van der Waals surface area contributed by atoms with Gasteiger partial charge < -0.3 is 0 Å². The molecule has 20 heavy (non-hydrogen) atoms. The summed E-state index contributed by atoms with van der Waals surface area (Å²) in [6.07, 6.45) is 1.16. The Hall–Kier alpha value is -1.77. The fourth-order valence-corrected chi connectivity index (χ4v) is 1.99. The van der Waals surface area contributed by atoms with Crippen LogP contribution in [0.1, 0.15) is 37.8 Å². The van der Waals surface area contributed by atoms with Crippen molar-refractivity contribution < 1.29 is 13.2 Å². The normalized spacial score (nSPS) is 14.6. The van der Waals surface area contributed by atoms with Gasteiger partial charge in [-0.1, -0.05) is 55.5 Å². The first-order valence-electron chi connectivity index (χ1n) is 6.44. The molecule has 0 aromatic heterocycles. The number of halogens is 3. The molecule has 1 rings (SSSR count). The summed E-state index contributed by atoms with van der Waals surface area (Å²) >= 11 is 0. The second kappa shape index (κ2) is 6.60. The van der Waals surface area contributed by atoms with Crippen LogP contribution in [0.15, 0.2) is 60.2 Å². The van der Waals surface area contributed by atoms with Crippen LogP contribution < -0.4 is 0 Å². The minimum absolute atomic E-state index is 0.286. The van der Waals surface area contributed by atoms with Gasteiger partial charge in [-0.3, -0.25) is 0 Å². The van der Waals surface area contributed by atoms with Gasteiger partial charge in [-0.25, -0.2) is 0 Å². The predicted molar refractivity (Wildman–Crippen MR) is 77.6 cm³/mol. The highest BCUT2D eigenvalue weighted by molar-refractivity contribution is 5.39. The Morgan fingerprint density at radius 1 is 1.25 bits per heavy atom. The van der Waals surface area contributed by atoms with E-state index in [4.69, 9.17) is 0 Å². The van der Waals surface area contributed by atoms with Crippen molar-refractivity contribution in [3.8, 4) is 0 Å². The van der Waals surface area contributed by atoms with Gasteiger partial charge in [-0.15, -0.1) is 0 Å². The molecule has 3 heteroatoms. The SMILES string of the molecule is C=C(C)C(/C=C\C(C)c1ccccc1C(F)(F)F)=C\C. The molecule has 0 saturated carbocycles. The van der Waals surface area contributed by atoms with Gasteiger partial charge in [0.15, 0.2) is 0 Å². The Morgan fingerprint density at radius 2 is 1.85 bits per heavy atom. The van der Waals surface area contributed by atoms with Gasteiger partial charge in [0.1, 0.15) is 0 Å². The zero-order valence-corrected chi connectivity index (χ0v) is 12.0. The van der Waals surface area contributed by atoms with E-state index in [9.17, 15) is 13.2 Å². The highest BCUT2D eigenvalue weighted by Crippen LogP contribution is 2.35. The van der Waals surface area contributed by atoms with Crippen LogP contribution in [0.5, 0.6) is 0 Å². The molecular formula is C17H19F3. The number of alkyl halides is 3. The van der Waals surface area contributed by atoms with Crippen LogP contribution in [-0.2, 0) is 6.18 Å². The Bertz CT molecular complexity index is 533. The van der Waals surface area contributed by atoms with Gasteiger partial charge >= 0.3 is 6.18 Å². The molecule has 1 aromatic rings. The molecule has 0 aliphatic carbocycles. The van der Waals surface area contributed by atoms with Crippen LogP contribution in [0.2, 0.25) is 0 Å². The molecule has 1 unspecified atom stereocenters. The van der Waals surface area contributed by atoms with Crippen LogP contribution in [-0.4, -0.2) is 0 Å². The molecule has 0 nitrogen and oxygen atoms in total. The molecule has 1 atom stereocenters. The van der Waals surface area contributed by atoms with Crippen LogP contribution in [0.3, 0.4) is 0 Å². The van der Waals surface area contributed by atoms with Crippen molar-refractivity contribution in [2.45, 2.75) is 32.9 Å². The number of benzene rings is 1. The van der Waals surface area contributed by atoms with E-state index < -0.39 is 11.7 Å². The van der Waals surface area contributed by atoms with Crippen molar-refractivity contribution in [2.75, 3.05) is 0 Å². The molecule has 0 aliphatic heterocycles. The highest BCUT2D eigenvalue weighted by atomic mass is 19.4. The Balaban J connectivity index is 3.08. The Kier molecular flexibility index (Phi) is 5.37. The molecular weight excluding hydrogens is 261 g/mol. The van der Waals surface area contributed by atoms with Gasteiger partial charge in [-0.05, 0) is 37.0 Å². The monoisotopic (exact) mass is 280 g/mol. The summed E-state index contributed by atoms with van der Waals surface area (Å²) in [6.45, 7) is 9.34. The molecule has 0 N–H and O–H groups in total. The summed E-state index contributed by atoms with van der Waals surface area (Å²) in [5.74, 6) is -0.317. The Morgan fingerprint density at radius 3 is 2.35 bits per heavy atom. The van der Waals surface area contributed by atoms with Crippen molar-refractivity contribution >= 4 is 0 Å². The third-order valence-corrected chi connectivity index (χ3v) is 3.13. The summed E-state index contributed by atoms with van der Waals surface area (Å²) in [7, 11) is 0. The molecule has 0 radical (unpaired) electrons. The first-order chi connectivity index (χ1) is 9.27. The van der Waals surface area contributed by atoms with Crippen LogP contribution in [0.4, 0.5) is 13.2 Å². The average molecular weight is 280 g/mol. The van der Waals surface area contributed by atoms with E-state index in [1.165, 1.54) is 12.1 Å². The van der Waals surface area contributed by atoms with Gasteiger partial charge in [0.25, 0.3) is 0 Å². The van der Waals surface area contributed by atoms with E-state index in [0.29, 0.717) is 0 Å². The lowest BCUT2D eigenvalue weighted by Crippen LogP contribution is -2.10. The molecule has 0 saturated heterocycles. The quantitative estimate of drug-likeness (QED) is 0.603. The maximum Gasteiger partial charge on any atom is 0.416 e. The molecule has 0 aliphatic rings. The molecule has 1 aromatic carbocycles. The molecule has 0 amide bonds. The lowest BCUT2D eigenvalue weighted by atomic mass is 9.94. The molecule has 0 bridgehead atoms. The smallest absolute Gasteiger partial charge is 0.166 e. The van der Waals surface area contributed by atoms with Gasteiger partial charge in [0.05, 0.1) is 5.56 Å². The molecule has 108 valence electrons. The fraction of sp³-hybridized carbons (Fsp3) is 0.294. The largest absolute Gasteiger partial charge is 0.416 e. The molecule has 0 spiro atoms. The molecule has 0 fully saturated rings. The van der Waals surface area contributed by atoms with E-state index in [1.54, 1.807) is 19.1 Å². The van der Waals surface area contributed by atoms with E-state index in [-0.39, 0.29) is 11.5 Å². The lowest BCUT2D eigenvalue weighted by Gasteiger charge is -2.16. The van der Waals surface area contributed by atoms with Crippen LogP contribution in [0.25, 0.3) is 0 Å². The summed E-state index contributed by atoms with van der Waals surface area (Å²) in [5, 5.41) is 0. The number of allylic oxidation sites excluding steroid dienone is 5. The minimum atomic E-state index is -4.32. The third kappa shape index (κ3) is 4.12. The fourth-order valence-electron chi connectivity index (χ4n) is 1.99.